The van der Waals surface area contributed by atoms with Crippen LogP contribution in [-0.2, 0) is 0 Å². The van der Waals surface area contributed by atoms with Crippen molar-refractivity contribution in [3.63, 3.8) is 0 Å². The highest BCUT2D eigenvalue weighted by atomic mass is 35.5. The molecule has 0 aliphatic rings. The third-order valence-electron chi connectivity index (χ3n) is 2.82. The summed E-state index contributed by atoms with van der Waals surface area (Å²) in [6.45, 7) is 0. The second kappa shape index (κ2) is 5.52. The second-order valence-corrected chi connectivity index (χ2v) is 5.05. The maximum Gasteiger partial charge on any atom is 0.191 e. The Morgan fingerprint density at radius 3 is 2.33 bits per heavy atom. The summed E-state index contributed by atoms with van der Waals surface area (Å²) in [6, 6.07) is 10.6. The minimum absolute atomic E-state index is 0.220. The maximum atomic E-state index is 9.22. The van der Waals surface area contributed by atoms with Crippen molar-refractivity contribution in [1.82, 2.24) is 20.0 Å². The van der Waals surface area contributed by atoms with Gasteiger partial charge in [-0.25, -0.2) is 4.68 Å². The summed E-state index contributed by atoms with van der Waals surface area (Å²) in [6.07, 6.45) is 3.28. The van der Waals surface area contributed by atoms with Gasteiger partial charge in [0.2, 0.25) is 0 Å². The van der Waals surface area contributed by atoms with E-state index in [0.717, 1.165) is 5.56 Å². The molecule has 0 amide bonds. The van der Waals surface area contributed by atoms with Gasteiger partial charge in [0.1, 0.15) is 11.8 Å². The van der Waals surface area contributed by atoms with Crippen LogP contribution in [0.5, 0.6) is 0 Å². The largest absolute Gasteiger partial charge is 0.265 e. The van der Waals surface area contributed by atoms with E-state index in [1.165, 1.54) is 4.68 Å². The average molecular weight is 316 g/mol. The summed E-state index contributed by atoms with van der Waals surface area (Å²) in [5.74, 6) is 0. The molecule has 0 N–H and O–H groups in total. The minimum Gasteiger partial charge on any atom is -0.265 e. The summed E-state index contributed by atoms with van der Waals surface area (Å²) >= 11 is 12.0. The Hall–Kier alpha value is -2.42. The molecule has 0 saturated heterocycles. The Morgan fingerprint density at radius 2 is 1.71 bits per heavy atom. The van der Waals surface area contributed by atoms with E-state index in [1.807, 2.05) is 6.07 Å². The zero-order valence-electron chi connectivity index (χ0n) is 10.5. The highest BCUT2D eigenvalue weighted by Crippen LogP contribution is 2.27. The molecule has 7 heteroatoms. The van der Waals surface area contributed by atoms with Crippen LogP contribution < -0.4 is 0 Å². The van der Waals surface area contributed by atoms with E-state index in [4.69, 9.17) is 23.2 Å². The van der Waals surface area contributed by atoms with Crippen LogP contribution in [0.25, 0.3) is 16.9 Å². The van der Waals surface area contributed by atoms with E-state index < -0.39 is 0 Å². The lowest BCUT2D eigenvalue weighted by molar-refractivity contribution is 0.807. The molecule has 0 radical (unpaired) electrons. The van der Waals surface area contributed by atoms with Crippen molar-refractivity contribution < 1.29 is 0 Å². The van der Waals surface area contributed by atoms with Gasteiger partial charge >= 0.3 is 0 Å². The van der Waals surface area contributed by atoms with Gasteiger partial charge in [0.05, 0.1) is 5.69 Å². The Bertz CT molecular complexity index is 816. The van der Waals surface area contributed by atoms with Gasteiger partial charge in [0, 0.05) is 28.0 Å². The molecule has 0 spiro atoms. The van der Waals surface area contributed by atoms with Crippen LogP contribution in [0.1, 0.15) is 5.69 Å². The molecule has 0 unspecified atom stereocenters. The highest BCUT2D eigenvalue weighted by Gasteiger charge is 2.16. The summed E-state index contributed by atoms with van der Waals surface area (Å²) in [7, 11) is 0. The minimum atomic E-state index is 0.220. The molecule has 5 nitrogen and oxygen atoms in total. The first kappa shape index (κ1) is 13.6. The van der Waals surface area contributed by atoms with Crippen LogP contribution in [-0.4, -0.2) is 20.0 Å². The van der Waals surface area contributed by atoms with E-state index in [9.17, 15) is 5.26 Å². The average Bonchev–Trinajstić information content (AvgIpc) is 2.91. The van der Waals surface area contributed by atoms with Crippen molar-refractivity contribution in [1.29, 1.82) is 5.26 Å². The van der Waals surface area contributed by atoms with Crippen LogP contribution in [0, 0.1) is 11.3 Å². The number of halogens is 2. The fourth-order valence-corrected chi connectivity index (χ4v) is 2.48. The summed E-state index contributed by atoms with van der Waals surface area (Å²) in [4.78, 5) is 3.97. The maximum absolute atomic E-state index is 9.22. The zero-order valence-corrected chi connectivity index (χ0v) is 12.0. The second-order valence-electron chi connectivity index (χ2n) is 4.17. The topological polar surface area (TPSA) is 67.4 Å². The standard InChI is InChI=1S/C14H7Cl2N5/c15-10-5-11(16)7-12(6-10)21-14(13(8-17)19-20-21)9-1-3-18-4-2-9/h1-7H. The van der Waals surface area contributed by atoms with E-state index >= 15 is 0 Å². The third-order valence-corrected chi connectivity index (χ3v) is 3.26. The molecule has 0 saturated carbocycles. The van der Waals surface area contributed by atoms with Crippen LogP contribution in [0.2, 0.25) is 10.0 Å². The molecule has 2 heterocycles. The Morgan fingerprint density at radius 1 is 1.05 bits per heavy atom. The van der Waals surface area contributed by atoms with Gasteiger partial charge in [0.15, 0.2) is 5.69 Å². The van der Waals surface area contributed by atoms with Crippen LogP contribution in [0.15, 0.2) is 42.7 Å². The molecular weight excluding hydrogens is 309 g/mol. The number of hydrogen-bond acceptors (Lipinski definition) is 4. The lowest BCUT2D eigenvalue weighted by Gasteiger charge is -2.07. The number of nitrogens with zero attached hydrogens (tertiary/aromatic N) is 5. The third kappa shape index (κ3) is 2.59. The van der Waals surface area contributed by atoms with Gasteiger partial charge in [-0.1, -0.05) is 28.4 Å². The Kier molecular flexibility index (Phi) is 3.57. The van der Waals surface area contributed by atoms with Gasteiger partial charge in [-0.2, -0.15) is 5.26 Å². The van der Waals surface area contributed by atoms with Crippen LogP contribution in [0.3, 0.4) is 0 Å². The predicted octanol–water partition coefficient (Wildman–Crippen LogP) is 3.51. The molecule has 1 aromatic carbocycles. The molecule has 0 bridgehead atoms. The lowest BCUT2D eigenvalue weighted by atomic mass is 10.1. The first-order valence-corrected chi connectivity index (χ1v) is 6.67. The molecule has 0 aliphatic carbocycles. The number of aromatic nitrogens is 4. The lowest BCUT2D eigenvalue weighted by Crippen LogP contribution is -2.00. The SMILES string of the molecule is N#Cc1nnn(-c2cc(Cl)cc(Cl)c2)c1-c1ccncc1. The highest BCUT2D eigenvalue weighted by molar-refractivity contribution is 6.34. The van der Waals surface area contributed by atoms with Crippen molar-refractivity contribution in [3.05, 3.63) is 58.5 Å². The molecular formula is C14H7Cl2N5. The summed E-state index contributed by atoms with van der Waals surface area (Å²) in [5, 5.41) is 18.1. The Labute approximate surface area is 130 Å². The molecule has 3 rings (SSSR count). The summed E-state index contributed by atoms with van der Waals surface area (Å²) < 4.78 is 1.53. The molecule has 0 atom stereocenters. The molecule has 2 aromatic heterocycles. The fraction of sp³-hybridized carbons (Fsp3) is 0. The molecule has 21 heavy (non-hydrogen) atoms. The summed E-state index contributed by atoms with van der Waals surface area (Å²) in [5.41, 5.74) is 2.20. The van der Waals surface area contributed by atoms with Crippen molar-refractivity contribution in [2.75, 3.05) is 0 Å². The van der Waals surface area contributed by atoms with E-state index in [1.54, 1.807) is 42.7 Å². The Balaban J connectivity index is 2.25. The predicted molar refractivity (Wildman–Crippen MR) is 79.3 cm³/mol. The number of benzene rings is 1. The first-order valence-electron chi connectivity index (χ1n) is 5.91. The van der Waals surface area contributed by atoms with Gasteiger partial charge in [-0.3, -0.25) is 4.98 Å². The molecule has 102 valence electrons. The number of pyridine rings is 1. The van der Waals surface area contributed by atoms with Crippen LogP contribution >= 0.6 is 23.2 Å². The first-order chi connectivity index (χ1) is 10.2. The van der Waals surface area contributed by atoms with Gasteiger partial charge in [-0.05, 0) is 30.3 Å². The number of hydrogen-bond donors (Lipinski definition) is 0. The molecule has 0 fully saturated rings. The van der Waals surface area contributed by atoms with Crippen molar-refractivity contribution in [2.24, 2.45) is 0 Å². The van der Waals surface area contributed by atoms with Crippen LogP contribution in [0.4, 0.5) is 0 Å². The smallest absolute Gasteiger partial charge is 0.191 e. The van der Waals surface area contributed by atoms with Crippen molar-refractivity contribution in [2.45, 2.75) is 0 Å². The van der Waals surface area contributed by atoms with Gasteiger partial charge in [-0.15, -0.1) is 5.10 Å². The van der Waals surface area contributed by atoms with Gasteiger partial charge in [0.25, 0.3) is 0 Å². The quantitative estimate of drug-likeness (QED) is 0.725. The zero-order chi connectivity index (χ0) is 14.8. The van der Waals surface area contributed by atoms with Gasteiger partial charge < -0.3 is 0 Å². The van der Waals surface area contributed by atoms with E-state index in [-0.39, 0.29) is 5.69 Å². The number of rotatable bonds is 2. The molecule has 3 aromatic rings. The van der Waals surface area contributed by atoms with Crippen molar-refractivity contribution in [3.8, 4) is 23.0 Å². The molecule has 0 aliphatic heterocycles. The van der Waals surface area contributed by atoms with E-state index in [2.05, 4.69) is 15.3 Å². The number of nitriles is 1. The monoisotopic (exact) mass is 315 g/mol. The van der Waals surface area contributed by atoms with Crippen molar-refractivity contribution >= 4 is 23.2 Å². The fourth-order valence-electron chi connectivity index (χ4n) is 1.97. The normalized spacial score (nSPS) is 10.3. The van der Waals surface area contributed by atoms with E-state index in [0.29, 0.717) is 21.4 Å².